The van der Waals surface area contributed by atoms with Gasteiger partial charge < -0.3 is 9.84 Å². The number of carbonyl (C=O) groups is 1. The van der Waals surface area contributed by atoms with Gasteiger partial charge in [-0.25, -0.2) is 0 Å². The van der Waals surface area contributed by atoms with Crippen molar-refractivity contribution in [3.8, 4) is 5.75 Å². The van der Waals surface area contributed by atoms with Gasteiger partial charge in [-0.05, 0) is 18.2 Å². The molecule has 0 aromatic heterocycles. The quantitative estimate of drug-likeness (QED) is 0.753. The van der Waals surface area contributed by atoms with E-state index in [0.717, 1.165) is 0 Å². The Labute approximate surface area is 80.9 Å². The topological polar surface area (TPSA) is 46.5 Å². The smallest absolute Gasteiger partial charge is 0.188 e. The normalized spacial score (nSPS) is 9.77. The minimum Gasteiger partial charge on any atom is -0.497 e. The molecule has 0 amide bonds. The average molecular weight is 201 g/mol. The summed E-state index contributed by atoms with van der Waals surface area (Å²) in [5, 5.41) is 9.02. The monoisotopic (exact) mass is 200 g/mol. The van der Waals surface area contributed by atoms with Crippen molar-refractivity contribution in [3.05, 3.63) is 28.8 Å². The van der Waals surface area contributed by atoms with E-state index >= 15 is 0 Å². The van der Waals surface area contributed by atoms with Crippen LogP contribution >= 0.6 is 11.6 Å². The number of aliphatic hydroxyl groups is 1. The number of Topliss-reactive ketones (excluding diaryl/α,β-unsaturated/α-hetero) is 1. The standard InChI is InChI=1S/C9H9ClO3/c1-13-8-3-6(9(12)5-11)2-7(10)4-8/h2-4,11H,5H2,1H3. The van der Waals surface area contributed by atoms with Crippen molar-refractivity contribution in [2.24, 2.45) is 0 Å². The van der Waals surface area contributed by atoms with Crippen LogP contribution in [0.5, 0.6) is 5.75 Å². The molecule has 0 aliphatic rings. The van der Waals surface area contributed by atoms with E-state index in [1.807, 2.05) is 0 Å². The molecule has 13 heavy (non-hydrogen) atoms. The zero-order valence-corrected chi connectivity index (χ0v) is 7.84. The molecule has 1 aromatic rings. The van der Waals surface area contributed by atoms with Crippen molar-refractivity contribution >= 4 is 17.4 Å². The molecule has 3 nitrogen and oxygen atoms in total. The molecule has 4 heteroatoms. The molecule has 0 saturated carbocycles. The summed E-state index contributed by atoms with van der Waals surface area (Å²) in [6, 6.07) is 4.61. The Morgan fingerprint density at radius 2 is 2.23 bits per heavy atom. The van der Waals surface area contributed by atoms with Gasteiger partial charge in [0.2, 0.25) is 0 Å². The highest BCUT2D eigenvalue weighted by atomic mass is 35.5. The van der Waals surface area contributed by atoms with Crippen LogP contribution < -0.4 is 4.74 Å². The second-order valence-electron chi connectivity index (χ2n) is 2.46. The lowest BCUT2D eigenvalue weighted by molar-refractivity contribution is 0.0903. The van der Waals surface area contributed by atoms with E-state index in [1.165, 1.54) is 19.2 Å². The van der Waals surface area contributed by atoms with Gasteiger partial charge in [0.1, 0.15) is 12.4 Å². The molecular weight excluding hydrogens is 192 g/mol. The second kappa shape index (κ2) is 4.25. The average Bonchev–Trinajstić information content (AvgIpc) is 2.15. The van der Waals surface area contributed by atoms with Crippen LogP contribution in [0.1, 0.15) is 10.4 Å². The molecule has 0 heterocycles. The summed E-state index contributed by atoms with van der Waals surface area (Å²) in [7, 11) is 1.48. The SMILES string of the molecule is COc1cc(Cl)cc(C(=O)CO)c1. The zero-order valence-electron chi connectivity index (χ0n) is 7.08. The molecule has 0 bridgehead atoms. The van der Waals surface area contributed by atoms with Crippen LogP contribution in [0.2, 0.25) is 5.02 Å². The third-order valence-electron chi connectivity index (χ3n) is 1.57. The number of hydrogen-bond acceptors (Lipinski definition) is 3. The molecule has 0 atom stereocenters. The van der Waals surface area contributed by atoms with Crippen molar-refractivity contribution in [2.45, 2.75) is 0 Å². The highest BCUT2D eigenvalue weighted by Gasteiger charge is 2.06. The first kappa shape index (κ1) is 10.0. The summed E-state index contributed by atoms with van der Waals surface area (Å²) >= 11 is 5.72. The fraction of sp³-hybridized carbons (Fsp3) is 0.222. The highest BCUT2D eigenvalue weighted by molar-refractivity contribution is 6.31. The van der Waals surface area contributed by atoms with Gasteiger partial charge in [-0.1, -0.05) is 11.6 Å². The van der Waals surface area contributed by atoms with E-state index in [0.29, 0.717) is 16.3 Å². The number of ketones is 1. The summed E-state index contributed by atoms with van der Waals surface area (Å²) in [6.45, 7) is -0.524. The first-order valence-corrected chi connectivity index (χ1v) is 4.04. The highest BCUT2D eigenvalue weighted by Crippen LogP contribution is 2.20. The van der Waals surface area contributed by atoms with Gasteiger partial charge in [0.15, 0.2) is 5.78 Å². The van der Waals surface area contributed by atoms with Gasteiger partial charge in [-0.2, -0.15) is 0 Å². The zero-order chi connectivity index (χ0) is 9.84. The molecular formula is C9H9ClO3. The van der Waals surface area contributed by atoms with Gasteiger partial charge in [-0.15, -0.1) is 0 Å². The van der Waals surface area contributed by atoms with E-state index in [1.54, 1.807) is 6.07 Å². The number of ether oxygens (including phenoxy) is 1. The van der Waals surface area contributed by atoms with Crippen molar-refractivity contribution < 1.29 is 14.6 Å². The van der Waals surface area contributed by atoms with Crippen LogP contribution in [0.4, 0.5) is 0 Å². The number of aliphatic hydroxyl groups excluding tert-OH is 1. The Bertz CT molecular complexity index is 323. The maximum atomic E-state index is 11.1. The van der Waals surface area contributed by atoms with Crippen molar-refractivity contribution in [1.29, 1.82) is 0 Å². The third kappa shape index (κ3) is 2.44. The first-order chi connectivity index (χ1) is 6.17. The number of benzene rings is 1. The van der Waals surface area contributed by atoms with Crippen LogP contribution in [-0.2, 0) is 0 Å². The minimum absolute atomic E-state index is 0.354. The first-order valence-electron chi connectivity index (χ1n) is 3.66. The predicted molar refractivity (Wildman–Crippen MR) is 49.4 cm³/mol. The Kier molecular flexibility index (Phi) is 3.28. The number of hydrogen-bond donors (Lipinski definition) is 1. The van der Waals surface area contributed by atoms with Crippen molar-refractivity contribution in [3.63, 3.8) is 0 Å². The van der Waals surface area contributed by atoms with Crippen LogP contribution in [-0.4, -0.2) is 24.6 Å². The van der Waals surface area contributed by atoms with Gasteiger partial charge >= 0.3 is 0 Å². The van der Waals surface area contributed by atoms with Crippen LogP contribution in [0.3, 0.4) is 0 Å². The Balaban J connectivity index is 3.08. The molecule has 0 fully saturated rings. The Morgan fingerprint density at radius 3 is 2.77 bits per heavy atom. The molecule has 0 saturated heterocycles. The molecule has 0 spiro atoms. The fourth-order valence-corrected chi connectivity index (χ4v) is 1.16. The number of rotatable bonds is 3. The molecule has 1 rings (SSSR count). The van der Waals surface area contributed by atoms with E-state index in [-0.39, 0.29) is 5.78 Å². The van der Waals surface area contributed by atoms with Crippen LogP contribution in [0, 0.1) is 0 Å². The van der Waals surface area contributed by atoms with Crippen molar-refractivity contribution in [1.82, 2.24) is 0 Å². The van der Waals surface area contributed by atoms with E-state index in [9.17, 15) is 4.79 Å². The van der Waals surface area contributed by atoms with E-state index in [4.69, 9.17) is 21.4 Å². The van der Waals surface area contributed by atoms with Gasteiger partial charge in [0.25, 0.3) is 0 Å². The second-order valence-corrected chi connectivity index (χ2v) is 2.90. The Morgan fingerprint density at radius 1 is 1.54 bits per heavy atom. The van der Waals surface area contributed by atoms with E-state index < -0.39 is 6.61 Å². The summed E-state index contributed by atoms with van der Waals surface area (Å²) in [4.78, 5) is 11.1. The lowest BCUT2D eigenvalue weighted by Crippen LogP contribution is -2.04. The molecule has 70 valence electrons. The predicted octanol–water partition coefficient (Wildman–Crippen LogP) is 1.52. The summed E-state index contributed by atoms with van der Waals surface area (Å²) in [5.74, 6) is 0.130. The third-order valence-corrected chi connectivity index (χ3v) is 1.79. The number of carbonyl (C=O) groups excluding carboxylic acids is 1. The van der Waals surface area contributed by atoms with Gasteiger partial charge in [0.05, 0.1) is 7.11 Å². The molecule has 1 aromatic carbocycles. The lowest BCUT2D eigenvalue weighted by Gasteiger charge is -2.03. The largest absolute Gasteiger partial charge is 0.497 e. The number of methoxy groups -OCH3 is 1. The summed E-state index contributed by atoms with van der Waals surface area (Å²) < 4.78 is 4.91. The lowest BCUT2D eigenvalue weighted by atomic mass is 10.1. The van der Waals surface area contributed by atoms with Gasteiger partial charge in [-0.3, -0.25) is 4.79 Å². The molecule has 0 aliphatic carbocycles. The van der Waals surface area contributed by atoms with Crippen LogP contribution in [0.15, 0.2) is 18.2 Å². The minimum atomic E-state index is -0.524. The van der Waals surface area contributed by atoms with Gasteiger partial charge in [0, 0.05) is 10.6 Å². The number of halogens is 1. The maximum absolute atomic E-state index is 11.1. The summed E-state index contributed by atoms with van der Waals surface area (Å²) in [6.07, 6.45) is 0. The van der Waals surface area contributed by atoms with Crippen molar-refractivity contribution in [2.75, 3.05) is 13.7 Å². The molecule has 0 radical (unpaired) electrons. The molecule has 0 aliphatic heterocycles. The summed E-state index contributed by atoms with van der Waals surface area (Å²) in [5.41, 5.74) is 0.354. The molecule has 1 N–H and O–H groups in total. The Hall–Kier alpha value is -1.06. The maximum Gasteiger partial charge on any atom is 0.188 e. The molecule has 0 unspecified atom stereocenters. The van der Waals surface area contributed by atoms with Crippen LogP contribution in [0.25, 0.3) is 0 Å². The van der Waals surface area contributed by atoms with E-state index in [2.05, 4.69) is 0 Å². The fourth-order valence-electron chi connectivity index (χ4n) is 0.933.